The first kappa shape index (κ1) is 19.4. The third kappa shape index (κ3) is 6.95. The van der Waals surface area contributed by atoms with Crippen LogP contribution in [-0.2, 0) is 11.2 Å². The van der Waals surface area contributed by atoms with E-state index in [0.29, 0.717) is 6.42 Å². The maximum Gasteiger partial charge on any atom is 0.119 e. The molecule has 0 saturated carbocycles. The maximum atomic E-state index is 10.2. The average molecular weight is 333 g/mol. The van der Waals surface area contributed by atoms with E-state index in [0.717, 1.165) is 49.0 Å². The molecule has 1 aromatic carbocycles. The number of nitrogens with zero attached hydrogens (tertiary/aromatic N) is 1. The summed E-state index contributed by atoms with van der Waals surface area (Å²) in [6.45, 7) is 4.00. The molecule has 0 fully saturated rings. The van der Waals surface area contributed by atoms with Gasteiger partial charge in [0.25, 0.3) is 0 Å². The van der Waals surface area contributed by atoms with Gasteiger partial charge in [-0.05, 0) is 43.5 Å². The van der Waals surface area contributed by atoms with Crippen molar-refractivity contribution < 1.29 is 9.53 Å². The number of unbranched alkanes of at least 4 members (excludes halogenated alkanes) is 4. The number of rotatable bonds is 9. The monoisotopic (exact) mass is 333 g/mol. The van der Waals surface area contributed by atoms with Crippen LogP contribution < -0.4 is 4.74 Å². The minimum atomic E-state index is 0.693. The predicted octanol–water partition coefficient (Wildman–Crippen LogP) is 5.54. The molecule has 0 saturated heterocycles. The third-order valence-electron chi connectivity index (χ3n) is 3.40. The van der Waals surface area contributed by atoms with Crippen molar-refractivity contribution >= 4 is 17.6 Å². The molecule has 3 nitrogen and oxygen atoms in total. The average Bonchev–Trinajstić information content (AvgIpc) is 3.09. The number of benzene rings is 1. The number of aryl methyl sites for hydroxylation is 1. The molecule has 1 heterocycles. The zero-order chi connectivity index (χ0) is 16.9. The Morgan fingerprint density at radius 2 is 1.78 bits per heavy atom. The molecular weight excluding hydrogens is 306 g/mol. The topological polar surface area (TPSA) is 39.2 Å². The zero-order valence-corrected chi connectivity index (χ0v) is 15.2. The van der Waals surface area contributed by atoms with Gasteiger partial charge < -0.3 is 9.53 Å². The first-order valence-electron chi connectivity index (χ1n) is 8.36. The number of carbonyl (C=O) groups excluding carboxylic acids is 1. The van der Waals surface area contributed by atoms with E-state index in [2.05, 4.69) is 5.38 Å². The van der Waals surface area contributed by atoms with Crippen LogP contribution in [-0.4, -0.2) is 18.4 Å². The molecule has 1 aromatic heterocycles. The van der Waals surface area contributed by atoms with E-state index in [1.807, 2.05) is 38.1 Å². The SMILES string of the molecule is CC.COc1ccc(-c2csc(CCCCCCC=O)n2)cc1. The molecule has 0 aliphatic carbocycles. The second-order valence-electron chi connectivity index (χ2n) is 4.97. The molecule has 0 unspecified atom stereocenters. The molecule has 23 heavy (non-hydrogen) atoms. The van der Waals surface area contributed by atoms with Gasteiger partial charge in [-0.25, -0.2) is 4.98 Å². The Morgan fingerprint density at radius 1 is 1.09 bits per heavy atom. The molecule has 0 radical (unpaired) electrons. The summed E-state index contributed by atoms with van der Waals surface area (Å²) in [5.74, 6) is 0.865. The van der Waals surface area contributed by atoms with Gasteiger partial charge in [0.2, 0.25) is 0 Å². The van der Waals surface area contributed by atoms with Gasteiger partial charge in [-0.1, -0.05) is 26.7 Å². The van der Waals surface area contributed by atoms with Crippen molar-refractivity contribution in [3.63, 3.8) is 0 Å². The van der Waals surface area contributed by atoms with Gasteiger partial charge in [0, 0.05) is 17.4 Å². The largest absolute Gasteiger partial charge is 0.497 e. The lowest BCUT2D eigenvalue weighted by atomic mass is 10.1. The summed E-state index contributed by atoms with van der Waals surface area (Å²) in [6, 6.07) is 8.00. The summed E-state index contributed by atoms with van der Waals surface area (Å²) in [5, 5.41) is 3.31. The quantitative estimate of drug-likeness (QED) is 0.447. The molecule has 0 N–H and O–H groups in total. The number of carbonyl (C=O) groups is 1. The highest BCUT2D eigenvalue weighted by atomic mass is 32.1. The van der Waals surface area contributed by atoms with Crippen molar-refractivity contribution in [3.05, 3.63) is 34.7 Å². The van der Waals surface area contributed by atoms with E-state index in [-0.39, 0.29) is 0 Å². The van der Waals surface area contributed by atoms with E-state index >= 15 is 0 Å². The highest BCUT2D eigenvalue weighted by molar-refractivity contribution is 7.09. The lowest BCUT2D eigenvalue weighted by molar-refractivity contribution is -0.107. The van der Waals surface area contributed by atoms with Crippen molar-refractivity contribution in [2.24, 2.45) is 0 Å². The molecule has 0 aliphatic rings. The van der Waals surface area contributed by atoms with Crippen LogP contribution in [0.25, 0.3) is 11.3 Å². The van der Waals surface area contributed by atoms with Crippen molar-refractivity contribution in [1.82, 2.24) is 4.98 Å². The van der Waals surface area contributed by atoms with Gasteiger partial charge in [-0.15, -0.1) is 11.3 Å². The molecule has 0 bridgehead atoms. The van der Waals surface area contributed by atoms with Crippen LogP contribution >= 0.6 is 11.3 Å². The van der Waals surface area contributed by atoms with Gasteiger partial charge in [-0.2, -0.15) is 0 Å². The summed E-state index contributed by atoms with van der Waals surface area (Å²) in [7, 11) is 1.67. The normalized spacial score (nSPS) is 9.87. The van der Waals surface area contributed by atoms with Gasteiger partial charge in [-0.3, -0.25) is 0 Å². The first-order valence-corrected chi connectivity index (χ1v) is 9.24. The van der Waals surface area contributed by atoms with Crippen LogP contribution in [0.3, 0.4) is 0 Å². The lowest BCUT2D eigenvalue weighted by Crippen LogP contribution is -1.87. The first-order chi connectivity index (χ1) is 11.3. The second kappa shape index (κ2) is 11.8. The molecule has 0 atom stereocenters. The van der Waals surface area contributed by atoms with Gasteiger partial charge >= 0.3 is 0 Å². The maximum absolute atomic E-state index is 10.2. The predicted molar refractivity (Wildman–Crippen MR) is 98.3 cm³/mol. The minimum Gasteiger partial charge on any atom is -0.497 e. The Morgan fingerprint density at radius 3 is 2.43 bits per heavy atom. The van der Waals surface area contributed by atoms with Crippen LogP contribution in [0.15, 0.2) is 29.6 Å². The number of ether oxygens (including phenoxy) is 1. The second-order valence-corrected chi connectivity index (χ2v) is 5.92. The fourth-order valence-electron chi connectivity index (χ4n) is 2.18. The summed E-state index contributed by atoms with van der Waals surface area (Å²) in [6.07, 6.45) is 7.19. The van der Waals surface area contributed by atoms with Crippen LogP contribution in [0, 0.1) is 0 Å². The molecular formula is C19H27NO2S. The third-order valence-corrected chi connectivity index (χ3v) is 4.31. The van der Waals surface area contributed by atoms with Crippen molar-refractivity contribution in [1.29, 1.82) is 0 Å². The van der Waals surface area contributed by atoms with E-state index in [9.17, 15) is 4.79 Å². The Hall–Kier alpha value is -1.68. The highest BCUT2D eigenvalue weighted by Gasteiger charge is 2.05. The number of hydrogen-bond donors (Lipinski definition) is 0. The van der Waals surface area contributed by atoms with Crippen molar-refractivity contribution in [3.8, 4) is 17.0 Å². The number of methoxy groups -OCH3 is 1. The molecule has 0 spiro atoms. The number of thiazole rings is 1. The highest BCUT2D eigenvalue weighted by Crippen LogP contribution is 2.25. The molecule has 0 aliphatic heterocycles. The smallest absolute Gasteiger partial charge is 0.119 e. The van der Waals surface area contributed by atoms with Crippen LogP contribution in [0.5, 0.6) is 5.75 Å². The molecule has 126 valence electrons. The van der Waals surface area contributed by atoms with Gasteiger partial charge in [0.15, 0.2) is 0 Å². The fraction of sp³-hybridized carbons (Fsp3) is 0.474. The summed E-state index contributed by atoms with van der Waals surface area (Å²) in [5.41, 5.74) is 2.17. The molecule has 2 aromatic rings. The minimum absolute atomic E-state index is 0.693. The van der Waals surface area contributed by atoms with E-state index in [1.54, 1.807) is 18.4 Å². The zero-order valence-electron chi connectivity index (χ0n) is 14.4. The van der Waals surface area contributed by atoms with E-state index in [4.69, 9.17) is 9.72 Å². The Balaban J connectivity index is 0.00000127. The van der Waals surface area contributed by atoms with Crippen molar-refractivity contribution in [2.45, 2.75) is 52.4 Å². The van der Waals surface area contributed by atoms with Crippen LogP contribution in [0.1, 0.15) is 51.0 Å². The summed E-state index contributed by atoms with van der Waals surface area (Å²) in [4.78, 5) is 14.9. The van der Waals surface area contributed by atoms with Gasteiger partial charge in [0.05, 0.1) is 17.8 Å². The molecule has 4 heteroatoms. The molecule has 0 amide bonds. The van der Waals surface area contributed by atoms with Crippen LogP contribution in [0.4, 0.5) is 0 Å². The number of aromatic nitrogens is 1. The van der Waals surface area contributed by atoms with E-state index in [1.165, 1.54) is 11.4 Å². The molecule has 2 rings (SSSR count). The number of hydrogen-bond acceptors (Lipinski definition) is 4. The Labute approximate surface area is 143 Å². The summed E-state index contributed by atoms with van der Waals surface area (Å²) >= 11 is 1.72. The van der Waals surface area contributed by atoms with Gasteiger partial charge in [0.1, 0.15) is 12.0 Å². The summed E-state index contributed by atoms with van der Waals surface area (Å²) < 4.78 is 5.16. The standard InChI is InChI=1S/C17H21NO2S.C2H6/c1-20-15-10-8-14(9-11-15)16-13-21-17(18-16)7-5-3-2-4-6-12-19;1-2/h8-13H,2-7H2,1H3;1-2H3. The van der Waals surface area contributed by atoms with Crippen LogP contribution in [0.2, 0.25) is 0 Å². The van der Waals surface area contributed by atoms with E-state index < -0.39 is 0 Å². The fourth-order valence-corrected chi connectivity index (χ4v) is 3.03. The lowest BCUT2D eigenvalue weighted by Gasteiger charge is -2.00. The Kier molecular flexibility index (Phi) is 9.96. The van der Waals surface area contributed by atoms with Crippen molar-refractivity contribution in [2.75, 3.05) is 7.11 Å². The number of aldehydes is 1. The Bertz CT molecular complexity index is 549.